The highest BCUT2D eigenvalue weighted by atomic mass is 32.2. The van der Waals surface area contributed by atoms with Crippen molar-refractivity contribution in [3.05, 3.63) is 5.82 Å². The molecule has 0 aliphatic carbocycles. The molecule has 5 nitrogen and oxygen atoms in total. The fourth-order valence-electron chi connectivity index (χ4n) is 1.22. The molecule has 6 heteroatoms. The largest absolute Gasteiger partial charge is 0.380 e. The fourth-order valence-corrected chi connectivity index (χ4v) is 1.96. The van der Waals surface area contributed by atoms with E-state index in [0.29, 0.717) is 0 Å². The van der Waals surface area contributed by atoms with Crippen LogP contribution in [0, 0.1) is 6.92 Å². The number of aromatic amines is 1. The van der Waals surface area contributed by atoms with E-state index in [4.69, 9.17) is 4.74 Å². The summed E-state index contributed by atoms with van der Waals surface area (Å²) in [6, 6.07) is 0. The normalized spacial score (nSPS) is 10.9. The minimum absolute atomic E-state index is 0.796. The van der Waals surface area contributed by atoms with E-state index in [1.165, 1.54) is 6.42 Å². The molecular formula is C11H22N4OS. The van der Waals surface area contributed by atoms with Gasteiger partial charge in [-0.05, 0) is 13.3 Å². The lowest BCUT2D eigenvalue weighted by Gasteiger charge is -2.04. The van der Waals surface area contributed by atoms with Crippen LogP contribution in [0.5, 0.6) is 0 Å². The number of nitrogens with zero attached hydrogens (tertiary/aromatic N) is 2. The SMILES string of the molecule is CCCCOCCNCCSc1n[nH]c(C)n1. The number of hydrogen-bond acceptors (Lipinski definition) is 5. The molecule has 0 radical (unpaired) electrons. The number of unbranched alkanes of at least 4 members (excludes halogenated alkanes) is 1. The van der Waals surface area contributed by atoms with Crippen LogP contribution < -0.4 is 5.32 Å². The lowest BCUT2D eigenvalue weighted by atomic mass is 10.4. The van der Waals surface area contributed by atoms with Crippen molar-refractivity contribution in [3.63, 3.8) is 0 Å². The summed E-state index contributed by atoms with van der Waals surface area (Å²) in [4.78, 5) is 4.22. The summed E-state index contributed by atoms with van der Waals surface area (Å²) < 4.78 is 5.44. The Morgan fingerprint density at radius 1 is 1.35 bits per heavy atom. The van der Waals surface area contributed by atoms with Crippen molar-refractivity contribution in [3.8, 4) is 0 Å². The van der Waals surface area contributed by atoms with E-state index in [2.05, 4.69) is 27.4 Å². The van der Waals surface area contributed by atoms with E-state index < -0.39 is 0 Å². The van der Waals surface area contributed by atoms with Gasteiger partial charge in [0.1, 0.15) is 5.82 Å². The van der Waals surface area contributed by atoms with Crippen molar-refractivity contribution in [2.45, 2.75) is 31.8 Å². The van der Waals surface area contributed by atoms with E-state index in [-0.39, 0.29) is 0 Å². The van der Waals surface area contributed by atoms with Crippen LogP contribution in [0.2, 0.25) is 0 Å². The molecule has 0 amide bonds. The number of aromatic nitrogens is 3. The second-order valence-corrected chi connectivity index (χ2v) is 4.83. The molecule has 0 unspecified atom stereocenters. The van der Waals surface area contributed by atoms with Gasteiger partial charge in [0.25, 0.3) is 0 Å². The van der Waals surface area contributed by atoms with E-state index in [1.54, 1.807) is 11.8 Å². The molecule has 0 saturated heterocycles. The van der Waals surface area contributed by atoms with Crippen LogP contribution >= 0.6 is 11.8 Å². The molecular weight excluding hydrogens is 236 g/mol. The van der Waals surface area contributed by atoms with Crippen molar-refractivity contribution in [2.24, 2.45) is 0 Å². The first-order valence-electron chi connectivity index (χ1n) is 6.13. The van der Waals surface area contributed by atoms with Crippen molar-refractivity contribution in [1.82, 2.24) is 20.5 Å². The molecule has 0 aromatic carbocycles. The van der Waals surface area contributed by atoms with Gasteiger partial charge in [-0.3, -0.25) is 5.10 Å². The quantitative estimate of drug-likeness (QED) is 0.493. The average molecular weight is 258 g/mol. The first kappa shape index (κ1) is 14.5. The van der Waals surface area contributed by atoms with Crippen molar-refractivity contribution in [1.29, 1.82) is 0 Å². The molecule has 2 N–H and O–H groups in total. The van der Waals surface area contributed by atoms with Gasteiger partial charge in [-0.25, -0.2) is 4.98 Å². The lowest BCUT2D eigenvalue weighted by Crippen LogP contribution is -2.22. The third-order valence-corrected chi connectivity index (χ3v) is 3.00. The molecule has 0 aliphatic heterocycles. The first-order chi connectivity index (χ1) is 8.33. The van der Waals surface area contributed by atoms with Crippen LogP contribution in [0.3, 0.4) is 0 Å². The van der Waals surface area contributed by atoms with Crippen molar-refractivity contribution in [2.75, 3.05) is 32.1 Å². The average Bonchev–Trinajstić information content (AvgIpc) is 2.73. The van der Waals surface area contributed by atoms with Crippen LogP contribution in [-0.4, -0.2) is 47.2 Å². The van der Waals surface area contributed by atoms with Gasteiger partial charge in [-0.15, -0.1) is 5.10 Å². The third kappa shape index (κ3) is 7.36. The molecule has 1 heterocycles. The Morgan fingerprint density at radius 3 is 2.94 bits per heavy atom. The van der Waals surface area contributed by atoms with Gasteiger partial charge in [-0.1, -0.05) is 25.1 Å². The molecule has 1 rings (SSSR count). The molecule has 0 aliphatic rings. The molecule has 0 saturated carbocycles. The standard InChI is InChI=1S/C11H22N4OS/c1-3-4-7-16-8-5-12-6-9-17-11-13-10(2)14-15-11/h12H,3-9H2,1-2H3,(H,13,14,15). The summed E-state index contributed by atoms with van der Waals surface area (Å²) in [5.41, 5.74) is 0. The Labute approximate surface area is 107 Å². The van der Waals surface area contributed by atoms with Crippen molar-refractivity contribution < 1.29 is 4.74 Å². The van der Waals surface area contributed by atoms with Gasteiger partial charge >= 0.3 is 0 Å². The summed E-state index contributed by atoms with van der Waals surface area (Å²) in [7, 11) is 0. The summed E-state index contributed by atoms with van der Waals surface area (Å²) in [6.45, 7) is 7.62. The van der Waals surface area contributed by atoms with Gasteiger partial charge in [0.15, 0.2) is 0 Å². The third-order valence-electron chi connectivity index (χ3n) is 2.15. The highest BCUT2D eigenvalue weighted by Crippen LogP contribution is 2.10. The summed E-state index contributed by atoms with van der Waals surface area (Å²) in [5, 5.41) is 11.0. The molecule has 1 aromatic rings. The van der Waals surface area contributed by atoms with Gasteiger partial charge in [0.05, 0.1) is 6.61 Å². The molecule has 1 aromatic heterocycles. The van der Waals surface area contributed by atoms with Gasteiger partial charge < -0.3 is 10.1 Å². The molecule has 98 valence electrons. The van der Waals surface area contributed by atoms with E-state index in [1.807, 2.05) is 6.92 Å². The van der Waals surface area contributed by atoms with Crippen LogP contribution in [0.25, 0.3) is 0 Å². The highest BCUT2D eigenvalue weighted by molar-refractivity contribution is 7.99. The number of H-pyrrole nitrogens is 1. The second kappa shape index (κ2) is 9.44. The monoisotopic (exact) mass is 258 g/mol. The Morgan fingerprint density at radius 2 is 2.24 bits per heavy atom. The number of hydrogen-bond donors (Lipinski definition) is 2. The fraction of sp³-hybridized carbons (Fsp3) is 0.818. The zero-order valence-corrected chi connectivity index (χ0v) is 11.5. The van der Waals surface area contributed by atoms with Crippen LogP contribution in [0.4, 0.5) is 0 Å². The number of rotatable bonds is 10. The van der Waals surface area contributed by atoms with E-state index in [0.717, 1.165) is 49.5 Å². The smallest absolute Gasteiger partial charge is 0.208 e. The minimum Gasteiger partial charge on any atom is -0.380 e. The number of thioether (sulfide) groups is 1. The van der Waals surface area contributed by atoms with Crippen LogP contribution in [-0.2, 0) is 4.74 Å². The van der Waals surface area contributed by atoms with Crippen LogP contribution in [0.1, 0.15) is 25.6 Å². The Bertz CT molecular complexity index is 293. The maximum absolute atomic E-state index is 5.44. The summed E-state index contributed by atoms with van der Waals surface area (Å²) in [5.74, 6) is 1.84. The van der Waals surface area contributed by atoms with E-state index in [9.17, 15) is 0 Å². The number of aryl methyl sites for hydroxylation is 1. The molecule has 0 bridgehead atoms. The van der Waals surface area contributed by atoms with Gasteiger partial charge in [0, 0.05) is 25.4 Å². The zero-order valence-electron chi connectivity index (χ0n) is 10.7. The van der Waals surface area contributed by atoms with Gasteiger partial charge in [-0.2, -0.15) is 0 Å². The predicted molar refractivity (Wildman–Crippen MR) is 70.4 cm³/mol. The molecule has 0 fully saturated rings. The molecule has 0 spiro atoms. The number of ether oxygens (including phenoxy) is 1. The topological polar surface area (TPSA) is 62.8 Å². The second-order valence-electron chi connectivity index (χ2n) is 3.77. The lowest BCUT2D eigenvalue weighted by molar-refractivity contribution is 0.133. The first-order valence-corrected chi connectivity index (χ1v) is 7.11. The Balaban J connectivity index is 1.84. The molecule has 0 atom stereocenters. The predicted octanol–water partition coefficient (Wildman–Crippen LogP) is 1.61. The molecule has 17 heavy (non-hydrogen) atoms. The summed E-state index contributed by atoms with van der Waals surface area (Å²) >= 11 is 1.66. The zero-order chi connectivity index (χ0) is 12.3. The number of nitrogens with one attached hydrogen (secondary N) is 2. The maximum Gasteiger partial charge on any atom is 0.208 e. The minimum atomic E-state index is 0.796. The maximum atomic E-state index is 5.44. The Kier molecular flexibility index (Phi) is 8.04. The van der Waals surface area contributed by atoms with E-state index >= 15 is 0 Å². The van der Waals surface area contributed by atoms with Gasteiger partial charge in [0.2, 0.25) is 5.16 Å². The highest BCUT2D eigenvalue weighted by Gasteiger charge is 1.99. The van der Waals surface area contributed by atoms with Crippen molar-refractivity contribution >= 4 is 11.8 Å². The Hall–Kier alpha value is -0.590. The summed E-state index contributed by atoms with van der Waals surface area (Å²) in [6.07, 6.45) is 2.35. The van der Waals surface area contributed by atoms with Crippen LogP contribution in [0.15, 0.2) is 5.16 Å².